The van der Waals surface area contributed by atoms with Crippen LogP contribution in [0.4, 0.5) is 0 Å². The summed E-state index contributed by atoms with van der Waals surface area (Å²) < 4.78 is 13.7. The Kier molecular flexibility index (Phi) is 5.49. The third kappa shape index (κ3) is 3.55. The second kappa shape index (κ2) is 6.93. The molecule has 0 aliphatic heterocycles. The lowest BCUT2D eigenvalue weighted by Crippen LogP contribution is -1.97. The molecule has 0 saturated carbocycles. The molecular weight excluding hydrogens is 454 g/mol. The third-order valence-electron chi connectivity index (χ3n) is 2.68. The van der Waals surface area contributed by atoms with E-state index < -0.39 is 0 Å². The van der Waals surface area contributed by atoms with Crippen LogP contribution in [0.2, 0.25) is 0 Å². The van der Waals surface area contributed by atoms with Crippen molar-refractivity contribution in [1.29, 1.82) is 0 Å². The molecule has 0 bridgehead atoms. The summed E-state index contributed by atoms with van der Waals surface area (Å²) in [6.07, 6.45) is 0. The highest BCUT2D eigenvalue weighted by molar-refractivity contribution is 9.11. The maximum Gasteiger partial charge on any atom is 0.143 e. The molecule has 0 aliphatic carbocycles. The Morgan fingerprint density at radius 1 is 0.950 bits per heavy atom. The first-order chi connectivity index (χ1) is 9.55. The van der Waals surface area contributed by atoms with Gasteiger partial charge in [0.15, 0.2) is 0 Å². The summed E-state index contributed by atoms with van der Waals surface area (Å²) in [5.74, 6) is 2.17. The van der Waals surface area contributed by atoms with E-state index in [1.807, 2.05) is 30.3 Å². The van der Waals surface area contributed by atoms with Crippen LogP contribution in [0.15, 0.2) is 43.7 Å². The Bertz CT molecular complexity index is 632. The number of hydrogen-bond acceptors (Lipinski definition) is 3. The Morgan fingerprint density at radius 2 is 1.60 bits per heavy atom. The van der Waals surface area contributed by atoms with Gasteiger partial charge < -0.3 is 15.2 Å². The number of nitrogens with two attached hydrogens (primary N) is 1. The van der Waals surface area contributed by atoms with Crippen molar-refractivity contribution in [1.82, 2.24) is 0 Å². The molecule has 0 heterocycles. The smallest absolute Gasteiger partial charge is 0.143 e. The Hall–Kier alpha value is -0.560. The van der Waals surface area contributed by atoms with Crippen molar-refractivity contribution in [3.05, 3.63) is 49.3 Å². The lowest BCUT2D eigenvalue weighted by atomic mass is 10.2. The largest absolute Gasteiger partial charge is 0.496 e. The molecule has 106 valence electrons. The molecule has 0 atom stereocenters. The zero-order chi connectivity index (χ0) is 14.7. The van der Waals surface area contributed by atoms with Crippen molar-refractivity contribution in [2.24, 2.45) is 5.73 Å². The normalized spacial score (nSPS) is 10.4. The van der Waals surface area contributed by atoms with Crippen LogP contribution in [0.5, 0.6) is 17.2 Å². The molecule has 0 amide bonds. The second-order valence-corrected chi connectivity index (χ2v) is 6.54. The van der Waals surface area contributed by atoms with Crippen LogP contribution in [-0.4, -0.2) is 7.11 Å². The van der Waals surface area contributed by atoms with Crippen molar-refractivity contribution >= 4 is 47.8 Å². The van der Waals surface area contributed by atoms with E-state index in [1.54, 1.807) is 7.11 Å². The molecule has 0 aliphatic rings. The number of rotatable bonds is 4. The minimum absolute atomic E-state index is 0.485. The molecule has 2 aromatic rings. The van der Waals surface area contributed by atoms with Crippen LogP contribution in [0.3, 0.4) is 0 Å². The Morgan fingerprint density at radius 3 is 2.20 bits per heavy atom. The highest BCUT2D eigenvalue weighted by atomic mass is 79.9. The van der Waals surface area contributed by atoms with Gasteiger partial charge in [-0.3, -0.25) is 0 Å². The monoisotopic (exact) mass is 463 g/mol. The van der Waals surface area contributed by atoms with Crippen molar-refractivity contribution in [3.8, 4) is 17.2 Å². The third-order valence-corrected chi connectivity index (χ3v) is 4.66. The van der Waals surface area contributed by atoms with Gasteiger partial charge in [0.25, 0.3) is 0 Å². The van der Waals surface area contributed by atoms with E-state index in [-0.39, 0.29) is 0 Å². The first-order valence-corrected chi connectivity index (χ1v) is 8.12. The van der Waals surface area contributed by atoms with Gasteiger partial charge in [-0.1, -0.05) is 22.0 Å². The Labute approximate surface area is 142 Å². The molecule has 0 radical (unpaired) electrons. The molecule has 6 heteroatoms. The van der Waals surface area contributed by atoms with Crippen LogP contribution in [0.25, 0.3) is 0 Å². The molecule has 20 heavy (non-hydrogen) atoms. The minimum Gasteiger partial charge on any atom is -0.496 e. The van der Waals surface area contributed by atoms with Crippen LogP contribution in [0.1, 0.15) is 5.56 Å². The number of hydrogen-bond donors (Lipinski definition) is 1. The van der Waals surface area contributed by atoms with Gasteiger partial charge in [-0.15, -0.1) is 0 Å². The lowest BCUT2D eigenvalue weighted by Gasteiger charge is -2.12. The van der Waals surface area contributed by atoms with Crippen molar-refractivity contribution < 1.29 is 9.47 Å². The maximum atomic E-state index is 5.87. The molecule has 0 aromatic heterocycles. The first-order valence-electron chi connectivity index (χ1n) is 5.74. The summed E-state index contributed by atoms with van der Waals surface area (Å²) in [7, 11) is 1.62. The van der Waals surface area contributed by atoms with Crippen molar-refractivity contribution in [3.63, 3.8) is 0 Å². The predicted octanol–water partition coefficient (Wildman–Crippen LogP) is 5.23. The fourth-order valence-corrected chi connectivity index (χ4v) is 3.04. The van der Waals surface area contributed by atoms with Gasteiger partial charge in [0.05, 0.1) is 16.1 Å². The standard InChI is InChI=1S/C14H12Br3NO2/c1-19-13-5-12(17)14(6-11(13)16)20-9-3-2-8(7-18)10(15)4-9/h2-6H,7,18H2,1H3. The molecule has 0 unspecified atom stereocenters. The van der Waals surface area contributed by atoms with Crippen LogP contribution in [-0.2, 0) is 6.54 Å². The van der Waals surface area contributed by atoms with E-state index in [0.717, 1.165) is 30.5 Å². The lowest BCUT2D eigenvalue weighted by molar-refractivity contribution is 0.409. The van der Waals surface area contributed by atoms with Gasteiger partial charge >= 0.3 is 0 Å². The van der Waals surface area contributed by atoms with E-state index >= 15 is 0 Å². The van der Waals surface area contributed by atoms with E-state index in [0.29, 0.717) is 12.3 Å². The number of methoxy groups -OCH3 is 1. The van der Waals surface area contributed by atoms with Gasteiger partial charge in [0.2, 0.25) is 0 Å². The average Bonchev–Trinajstić information content (AvgIpc) is 2.42. The van der Waals surface area contributed by atoms with Crippen molar-refractivity contribution in [2.75, 3.05) is 7.11 Å². The van der Waals surface area contributed by atoms with Gasteiger partial charge in [-0.25, -0.2) is 0 Å². The van der Waals surface area contributed by atoms with E-state index in [2.05, 4.69) is 47.8 Å². The first kappa shape index (κ1) is 15.8. The van der Waals surface area contributed by atoms with Crippen molar-refractivity contribution in [2.45, 2.75) is 6.54 Å². The summed E-state index contributed by atoms with van der Waals surface area (Å²) in [6, 6.07) is 9.42. The maximum absolute atomic E-state index is 5.87. The summed E-state index contributed by atoms with van der Waals surface area (Å²) in [5, 5.41) is 0. The minimum atomic E-state index is 0.485. The predicted molar refractivity (Wildman–Crippen MR) is 90.5 cm³/mol. The van der Waals surface area contributed by atoms with Gasteiger partial charge in [-0.2, -0.15) is 0 Å². The van der Waals surface area contributed by atoms with E-state index in [9.17, 15) is 0 Å². The SMILES string of the molecule is COc1cc(Br)c(Oc2ccc(CN)c(Br)c2)cc1Br. The fourth-order valence-electron chi connectivity index (χ4n) is 1.63. The van der Waals surface area contributed by atoms with Gasteiger partial charge in [0.1, 0.15) is 17.2 Å². The van der Waals surface area contributed by atoms with E-state index in [4.69, 9.17) is 15.2 Å². The quantitative estimate of drug-likeness (QED) is 0.672. The summed E-state index contributed by atoms with van der Waals surface area (Å²) in [4.78, 5) is 0. The zero-order valence-corrected chi connectivity index (χ0v) is 15.4. The fraction of sp³-hybridized carbons (Fsp3) is 0.143. The van der Waals surface area contributed by atoms with Crippen LogP contribution >= 0.6 is 47.8 Å². The second-order valence-electron chi connectivity index (χ2n) is 3.98. The van der Waals surface area contributed by atoms with Crippen LogP contribution in [0, 0.1) is 0 Å². The molecule has 3 nitrogen and oxygen atoms in total. The highest BCUT2D eigenvalue weighted by Gasteiger charge is 2.10. The molecule has 2 rings (SSSR count). The molecule has 0 fully saturated rings. The highest BCUT2D eigenvalue weighted by Crippen LogP contribution is 2.38. The zero-order valence-electron chi connectivity index (χ0n) is 10.6. The van der Waals surface area contributed by atoms with Gasteiger partial charge in [-0.05, 0) is 61.7 Å². The summed E-state index contributed by atoms with van der Waals surface area (Å²) >= 11 is 10.4. The molecular formula is C14H12Br3NO2. The summed E-state index contributed by atoms with van der Waals surface area (Å²) in [5.41, 5.74) is 6.67. The number of halogens is 3. The average molecular weight is 466 g/mol. The molecule has 0 saturated heterocycles. The van der Waals surface area contributed by atoms with E-state index in [1.165, 1.54) is 0 Å². The molecule has 2 aromatic carbocycles. The van der Waals surface area contributed by atoms with Gasteiger partial charge in [0, 0.05) is 11.0 Å². The molecule has 2 N–H and O–H groups in total. The number of benzene rings is 2. The summed E-state index contributed by atoms with van der Waals surface area (Å²) in [6.45, 7) is 0.485. The Balaban J connectivity index is 2.30. The topological polar surface area (TPSA) is 44.5 Å². The number of ether oxygens (including phenoxy) is 2. The molecule has 0 spiro atoms. The van der Waals surface area contributed by atoms with Crippen LogP contribution < -0.4 is 15.2 Å².